The highest BCUT2D eigenvalue weighted by Crippen LogP contribution is 2.55. The predicted molar refractivity (Wildman–Crippen MR) is 113 cm³/mol. The van der Waals surface area contributed by atoms with Crippen LogP contribution in [0.2, 0.25) is 24.7 Å². The van der Waals surface area contributed by atoms with E-state index in [1.54, 1.807) is 11.8 Å². The van der Waals surface area contributed by atoms with E-state index in [1.165, 1.54) is 0 Å². The second-order valence-electron chi connectivity index (χ2n) is 9.94. The number of hydrogen-bond acceptors (Lipinski definition) is 4. The van der Waals surface area contributed by atoms with E-state index in [0.717, 1.165) is 30.4 Å². The van der Waals surface area contributed by atoms with Crippen molar-refractivity contribution >= 4 is 25.8 Å². The molecule has 0 aromatic rings. The van der Waals surface area contributed by atoms with Crippen molar-refractivity contribution in [2.45, 2.75) is 76.4 Å². The molecule has 28 heavy (non-hydrogen) atoms. The quantitative estimate of drug-likeness (QED) is 0.625. The van der Waals surface area contributed by atoms with E-state index in [4.69, 9.17) is 0 Å². The monoisotopic (exact) mass is 406 g/mol. The Hall–Kier alpha value is -1.67. The first kappa shape index (κ1) is 21.0. The molecule has 0 radical (unpaired) electrons. The van der Waals surface area contributed by atoms with E-state index < -0.39 is 19.7 Å². The molecule has 1 saturated carbocycles. The molecule has 2 aliphatic heterocycles. The van der Waals surface area contributed by atoms with E-state index in [1.807, 2.05) is 13.8 Å². The van der Waals surface area contributed by atoms with E-state index in [0.29, 0.717) is 18.9 Å². The molecule has 0 bridgehead atoms. The number of amidine groups is 1. The van der Waals surface area contributed by atoms with E-state index in [9.17, 15) is 14.7 Å². The predicted octanol–water partition coefficient (Wildman–Crippen LogP) is 2.26. The molecule has 0 saturated heterocycles. The van der Waals surface area contributed by atoms with Gasteiger partial charge in [0, 0.05) is 17.2 Å². The lowest BCUT2D eigenvalue weighted by atomic mass is 9.83. The maximum atomic E-state index is 13.2. The summed E-state index contributed by atoms with van der Waals surface area (Å²) in [6, 6.07) is -0.205. The molecule has 1 aliphatic carbocycles. The fourth-order valence-corrected chi connectivity index (χ4v) is 7.19. The van der Waals surface area contributed by atoms with Crippen LogP contribution in [0.4, 0.5) is 4.79 Å². The van der Waals surface area contributed by atoms with E-state index >= 15 is 0 Å². The molecule has 3 amide bonds. The molecule has 0 aromatic carbocycles. The van der Waals surface area contributed by atoms with Gasteiger partial charge in [0.05, 0.1) is 32.8 Å². The normalized spacial score (nSPS) is 23.7. The van der Waals surface area contributed by atoms with E-state index in [-0.39, 0.29) is 23.5 Å². The topological polar surface area (TPSA) is 94.0 Å². The fraction of sp³-hybridized carbons (Fsp3) is 0.750. The van der Waals surface area contributed by atoms with Gasteiger partial charge in [-0.2, -0.15) is 0 Å². The number of carbonyl (C=O) groups is 2. The number of rotatable bonds is 4. The molecule has 8 heteroatoms. The fourth-order valence-electron chi connectivity index (χ4n) is 4.59. The highest BCUT2D eigenvalue weighted by atomic mass is 28.3. The van der Waals surface area contributed by atoms with Crippen LogP contribution < -0.4 is 10.6 Å². The molecule has 1 unspecified atom stereocenters. The third-order valence-electron chi connectivity index (χ3n) is 6.88. The number of aliphatic hydroxyl groups is 1. The Kier molecular flexibility index (Phi) is 5.25. The first-order valence-corrected chi connectivity index (χ1v) is 13.7. The minimum atomic E-state index is -1.66. The lowest BCUT2D eigenvalue weighted by molar-refractivity contribution is -0.125. The van der Waals surface area contributed by atoms with Gasteiger partial charge >= 0.3 is 6.03 Å². The van der Waals surface area contributed by atoms with Crippen LogP contribution in [0.1, 0.15) is 40.0 Å². The van der Waals surface area contributed by atoms with Crippen molar-refractivity contribution in [2.24, 2.45) is 4.99 Å². The maximum Gasteiger partial charge on any atom is 0.318 e. The Labute approximate surface area is 168 Å². The summed E-state index contributed by atoms with van der Waals surface area (Å²) in [5.74, 6) is 0.753. The first-order chi connectivity index (χ1) is 12.9. The Morgan fingerprint density at radius 2 is 1.93 bits per heavy atom. The Balaban J connectivity index is 1.73. The molecule has 2 heterocycles. The second kappa shape index (κ2) is 6.98. The average molecular weight is 407 g/mol. The Morgan fingerprint density at radius 3 is 2.43 bits per heavy atom. The SMILES string of the molecule is CC(O)CNC(=O)N1CC2=C(CN=C2NC(=O)C2([Si](C)(C)C)CCC2)C1(C)C. The lowest BCUT2D eigenvalue weighted by Crippen LogP contribution is -2.55. The lowest BCUT2D eigenvalue weighted by Gasteiger charge is -2.49. The molecule has 156 valence electrons. The van der Waals surface area contributed by atoms with E-state index in [2.05, 4.69) is 35.3 Å². The molecule has 0 aromatic heterocycles. The maximum absolute atomic E-state index is 13.2. The van der Waals surface area contributed by atoms with Crippen molar-refractivity contribution in [1.29, 1.82) is 0 Å². The molecule has 3 aliphatic rings. The number of aliphatic hydroxyl groups excluding tert-OH is 1. The van der Waals surface area contributed by atoms with Crippen molar-refractivity contribution in [1.82, 2.24) is 15.5 Å². The Morgan fingerprint density at radius 1 is 1.29 bits per heavy atom. The van der Waals surface area contributed by atoms with Crippen molar-refractivity contribution in [3.8, 4) is 0 Å². The van der Waals surface area contributed by atoms with Crippen molar-refractivity contribution in [2.75, 3.05) is 19.6 Å². The minimum absolute atomic E-state index is 0.111. The van der Waals surface area contributed by atoms with Gasteiger partial charge in [0.25, 0.3) is 0 Å². The molecule has 0 spiro atoms. The van der Waals surface area contributed by atoms with Gasteiger partial charge in [-0.15, -0.1) is 0 Å². The van der Waals surface area contributed by atoms with Crippen LogP contribution in [0.15, 0.2) is 16.1 Å². The van der Waals surface area contributed by atoms with Crippen LogP contribution in [-0.4, -0.2) is 67.1 Å². The van der Waals surface area contributed by atoms with Crippen LogP contribution in [0.25, 0.3) is 0 Å². The van der Waals surface area contributed by atoms with Gasteiger partial charge in [0.1, 0.15) is 5.84 Å². The zero-order valence-corrected chi connectivity index (χ0v) is 19.0. The summed E-state index contributed by atoms with van der Waals surface area (Å²) in [6.07, 6.45) is 2.45. The molecule has 1 atom stereocenters. The minimum Gasteiger partial charge on any atom is -0.392 e. The summed E-state index contributed by atoms with van der Waals surface area (Å²) in [4.78, 5) is 32.2. The standard InChI is InChI=1S/C20H34N4O3Si/c1-13(25)10-22-18(27)24-12-14-15(19(24,2)3)11-21-16(14)23-17(26)20(8-7-9-20)28(4,5)6/h13,25H,7-12H2,1-6H3,(H,22,27)(H,21,23,26). The molecule has 7 nitrogen and oxygen atoms in total. The van der Waals surface area contributed by atoms with Crippen LogP contribution in [0.5, 0.6) is 0 Å². The molecular weight excluding hydrogens is 372 g/mol. The van der Waals surface area contributed by atoms with Crippen LogP contribution in [0.3, 0.4) is 0 Å². The summed E-state index contributed by atoms with van der Waals surface area (Å²) in [5, 5.41) is 15.1. The molecule has 1 fully saturated rings. The largest absolute Gasteiger partial charge is 0.392 e. The third-order valence-corrected chi connectivity index (χ3v) is 10.5. The zero-order chi connectivity index (χ0) is 20.9. The smallest absolute Gasteiger partial charge is 0.318 e. The summed E-state index contributed by atoms with van der Waals surface area (Å²) in [6.45, 7) is 13.6. The highest BCUT2D eigenvalue weighted by Gasteiger charge is 2.54. The van der Waals surface area contributed by atoms with Gasteiger partial charge in [-0.1, -0.05) is 26.1 Å². The van der Waals surface area contributed by atoms with Gasteiger partial charge in [-0.3, -0.25) is 9.79 Å². The number of carbonyl (C=O) groups excluding carboxylic acids is 2. The summed E-state index contributed by atoms with van der Waals surface area (Å²) >= 11 is 0. The van der Waals surface area contributed by atoms with Gasteiger partial charge in [-0.05, 0) is 39.2 Å². The van der Waals surface area contributed by atoms with Crippen LogP contribution >= 0.6 is 0 Å². The van der Waals surface area contributed by atoms with Gasteiger partial charge < -0.3 is 20.6 Å². The van der Waals surface area contributed by atoms with Crippen LogP contribution in [-0.2, 0) is 4.79 Å². The zero-order valence-electron chi connectivity index (χ0n) is 18.0. The van der Waals surface area contributed by atoms with Gasteiger partial charge in [0.2, 0.25) is 5.91 Å². The highest BCUT2D eigenvalue weighted by molar-refractivity contribution is 6.82. The Bertz CT molecular complexity index is 745. The van der Waals surface area contributed by atoms with Gasteiger partial charge in [-0.25, -0.2) is 4.79 Å². The second-order valence-corrected chi connectivity index (χ2v) is 15.4. The number of amides is 3. The average Bonchev–Trinajstić information content (AvgIpc) is 3.01. The number of nitrogens with one attached hydrogen (secondary N) is 2. The summed E-state index contributed by atoms with van der Waals surface area (Å²) in [5.41, 5.74) is 1.59. The first-order valence-electron chi connectivity index (χ1n) is 10.2. The number of urea groups is 1. The summed E-state index contributed by atoms with van der Waals surface area (Å²) in [7, 11) is -1.66. The van der Waals surface area contributed by atoms with Crippen molar-refractivity contribution in [3.63, 3.8) is 0 Å². The number of hydrogen-bond donors (Lipinski definition) is 3. The number of nitrogens with zero attached hydrogens (tertiary/aromatic N) is 2. The number of aliphatic imine (C=N–C) groups is 1. The van der Waals surface area contributed by atoms with Crippen molar-refractivity contribution < 1.29 is 14.7 Å². The van der Waals surface area contributed by atoms with Crippen molar-refractivity contribution in [3.05, 3.63) is 11.1 Å². The molecule has 3 rings (SSSR count). The van der Waals surface area contributed by atoms with Crippen LogP contribution in [0, 0.1) is 0 Å². The van der Waals surface area contributed by atoms with Gasteiger partial charge in [0.15, 0.2) is 0 Å². The summed E-state index contributed by atoms with van der Waals surface area (Å²) < 4.78 is 0. The molecular formula is C20H34N4O3Si. The third kappa shape index (κ3) is 3.30. The molecule has 3 N–H and O–H groups in total.